The lowest BCUT2D eigenvalue weighted by Crippen LogP contribution is -2.54. The molecule has 128 heavy (non-hydrogen) atoms. The van der Waals surface area contributed by atoms with E-state index in [9.17, 15) is 58.8 Å². The zero-order valence-corrected chi connectivity index (χ0v) is 72.5. The molecule has 668 valence electrons. The number of hydrogen-bond donors (Lipinski definition) is 9. The van der Waals surface area contributed by atoms with Gasteiger partial charge in [-0.1, -0.05) is 127 Å². The predicted octanol–water partition coefficient (Wildman–Crippen LogP) is 6.96. The number of urea groups is 3. The van der Waals surface area contributed by atoms with Gasteiger partial charge < -0.3 is 75.2 Å². The number of amides is 12. The molecule has 17 rings (SSSR count). The van der Waals surface area contributed by atoms with Crippen LogP contribution in [0.3, 0.4) is 0 Å². The first-order valence-corrected chi connectivity index (χ1v) is 44.0. The third-order valence-electron chi connectivity index (χ3n) is 25.8. The Balaban J connectivity index is 0.000000148. The van der Waals surface area contributed by atoms with E-state index in [2.05, 4.69) is 119 Å². The number of nitrogens with one attached hydrogen (secondary N) is 6. The van der Waals surface area contributed by atoms with Gasteiger partial charge in [-0.2, -0.15) is 0 Å². The lowest BCUT2D eigenvalue weighted by molar-refractivity contribution is -0.123. The van der Waals surface area contributed by atoms with Crippen LogP contribution in [0.2, 0.25) is 0 Å². The Morgan fingerprint density at radius 3 is 0.945 bits per heavy atom. The first kappa shape index (κ1) is 89.2. The molecule has 6 aromatic rings. The number of nitrogens with zero attached hydrogens (tertiary/aromatic N) is 12. The summed E-state index contributed by atoms with van der Waals surface area (Å²) < 4.78 is 15.7. The van der Waals surface area contributed by atoms with Crippen LogP contribution in [0, 0.1) is 35.5 Å². The van der Waals surface area contributed by atoms with Crippen molar-refractivity contribution < 1.29 is 73.0 Å². The van der Waals surface area contributed by atoms with Crippen LogP contribution in [0.4, 0.5) is 14.4 Å². The molecule has 9 N–H and O–H groups in total. The number of methoxy groups -OCH3 is 3. The van der Waals surface area contributed by atoms with Crippen molar-refractivity contribution in [1.82, 2.24) is 76.0 Å². The van der Waals surface area contributed by atoms with Gasteiger partial charge in [0.1, 0.15) is 17.2 Å². The minimum Gasteiger partial charge on any atom is -0.497 e. The molecule has 0 unspecified atom stereocenters. The summed E-state index contributed by atoms with van der Waals surface area (Å²) in [4.78, 5) is 133. The summed E-state index contributed by atoms with van der Waals surface area (Å²) in [6.07, 6.45) is 16.7. The third kappa shape index (κ3) is 19.9. The number of hydrogen-bond acceptors (Lipinski definition) is 21. The molecule has 9 aliphatic heterocycles. The number of carbonyl (C=O) groups excluding carboxylic acids is 9. The van der Waals surface area contributed by atoms with E-state index in [1.54, 1.807) is 72.8 Å². The molecule has 11 aliphatic rings. The molecule has 0 radical (unpaired) electrons. The molecule has 0 aromatic heterocycles. The van der Waals surface area contributed by atoms with Crippen LogP contribution < -0.4 is 46.1 Å². The topological polar surface area (TPSA) is 380 Å². The van der Waals surface area contributed by atoms with Crippen LogP contribution in [0.5, 0.6) is 17.2 Å². The average molecular weight is 1740 g/mol. The summed E-state index contributed by atoms with van der Waals surface area (Å²) in [7, 11) is 4.59. The van der Waals surface area contributed by atoms with Crippen LogP contribution >= 0.6 is 0 Å². The molecule has 12 amide bonds. The monoisotopic (exact) mass is 1740 g/mol. The molecule has 6 saturated heterocycles. The number of unbranched alkanes of at least 4 members (excludes halogenated alkanes) is 1. The van der Waals surface area contributed by atoms with E-state index in [-0.39, 0.29) is 57.0 Å². The van der Waals surface area contributed by atoms with Crippen LogP contribution in [-0.2, 0) is 34.0 Å². The van der Waals surface area contributed by atoms with E-state index in [4.69, 9.17) is 14.2 Å². The summed E-state index contributed by atoms with van der Waals surface area (Å²) in [5.41, 5.74) is 3.20. The van der Waals surface area contributed by atoms with E-state index < -0.39 is 52.4 Å². The zero-order valence-electron chi connectivity index (χ0n) is 72.5. The third-order valence-corrected chi connectivity index (χ3v) is 25.8. The SMILES string of the molecule is CCCCN1CCN(C(=NO)c2ccc(C#C[C@]3(CN4Cc5ccc(OC)cc5C4=O)NC(=O)NC3=O)cc2)CC1.COc1ccc2c(c1)C(=O)N(C[C@@]1(C#Cc3ccc(C(=NO)N4CCN(C5CCCCC5)CC4)cc3)NC(=O)NC1=O)C2.COc1ccc2c(c1)C(=O)N(C[C@@]1(C#Cc3ccc(C(=NO)N4CCN(C5CCCCCC5)CC4)cc3)NC(=O)NC1=O)C2. The number of ether oxygens (including phenoxy) is 3. The summed E-state index contributed by atoms with van der Waals surface area (Å²) in [5, 5.41) is 55.1. The largest absolute Gasteiger partial charge is 0.497 e. The molecule has 2 saturated carbocycles. The Kier molecular flexibility index (Phi) is 27.8. The molecule has 33 heteroatoms. The fourth-order valence-corrected chi connectivity index (χ4v) is 18.6. The first-order valence-electron chi connectivity index (χ1n) is 44.0. The zero-order chi connectivity index (χ0) is 89.6. The number of fused-ring (bicyclic) bond motifs is 3. The van der Waals surface area contributed by atoms with Crippen molar-refractivity contribution in [1.29, 1.82) is 0 Å². The van der Waals surface area contributed by atoms with Crippen molar-refractivity contribution in [2.45, 2.75) is 139 Å². The van der Waals surface area contributed by atoms with Crippen LogP contribution in [0.1, 0.15) is 172 Å². The Morgan fingerprint density at radius 2 is 0.680 bits per heavy atom. The van der Waals surface area contributed by atoms with Gasteiger partial charge in [-0.25, -0.2) is 14.4 Å². The maximum absolute atomic E-state index is 13.2. The smallest absolute Gasteiger partial charge is 0.323 e. The molecule has 0 spiro atoms. The maximum atomic E-state index is 13.2. The van der Waals surface area contributed by atoms with Crippen molar-refractivity contribution in [3.05, 3.63) is 194 Å². The van der Waals surface area contributed by atoms with Crippen LogP contribution in [0.15, 0.2) is 143 Å². The van der Waals surface area contributed by atoms with Gasteiger partial charge in [0, 0.05) is 160 Å². The van der Waals surface area contributed by atoms with Gasteiger partial charge in [0.05, 0.1) is 41.0 Å². The number of oxime groups is 3. The van der Waals surface area contributed by atoms with Gasteiger partial charge in [0.2, 0.25) is 16.6 Å². The molecule has 3 atom stereocenters. The molecular weight excluding hydrogens is 1630 g/mol. The standard InChI is InChI=1S/C33H38N6O5.C32H36N6O5.C30H34N6O5/c1-44-27-13-12-25-21-39(30(40)28(25)20-27)22-33(31(41)34-32(42)35-33)15-14-23-8-10-24(11-9-23)29(36-43)38-18-16-37(17-19-38)26-6-4-2-3-5-7-26;1-43-26-12-11-24-20-38(29(39)27(24)19-26)21-32(30(40)33-31(41)34-32)14-13-22-7-9-23(10-8-22)28(35-42)37-17-15-36(16-18-37)25-5-3-2-4-6-25;1-3-4-13-34-14-16-35(17-15-34)26(33-40)22-7-5-21(6-8-22)11-12-30(28(38)31-29(39)32-30)20-36-19-23-9-10-24(41-2)18-25(23)27(36)37/h8-13,20,26,43H,2-7,16-19,21-22H2,1H3,(H2,34,35,41,42);7-12,19,25,42H,2-6,15-18,20-21H2,1H3,(H2,33,34,40,41);5-10,18,40H,3-4,13-17,19-20H2,1-2H3,(H2,31,32,38,39)/t33-;32-;30-/m111/s1. The Labute approximate surface area is 743 Å². The van der Waals surface area contributed by atoms with E-state index in [0.29, 0.717) is 80.2 Å². The van der Waals surface area contributed by atoms with Crippen molar-refractivity contribution in [3.8, 4) is 52.8 Å². The van der Waals surface area contributed by atoms with Crippen LogP contribution in [0.25, 0.3) is 0 Å². The van der Waals surface area contributed by atoms with Gasteiger partial charge in [0.15, 0.2) is 17.5 Å². The van der Waals surface area contributed by atoms with Gasteiger partial charge in [-0.15, -0.1) is 0 Å². The Morgan fingerprint density at radius 1 is 0.391 bits per heavy atom. The van der Waals surface area contributed by atoms with E-state index >= 15 is 0 Å². The average Bonchev–Trinajstić information content (AvgIpc) is 1.63. The highest BCUT2D eigenvalue weighted by Gasteiger charge is 2.52. The maximum Gasteiger partial charge on any atom is 0.323 e. The molecule has 9 heterocycles. The molecular formula is C95H108N18O15. The number of carbonyl (C=O) groups is 9. The highest BCUT2D eigenvalue weighted by molar-refractivity contribution is 6.12. The lowest BCUT2D eigenvalue weighted by Gasteiger charge is -2.41. The molecule has 6 aromatic carbocycles. The summed E-state index contributed by atoms with van der Waals surface area (Å²) >= 11 is 0. The molecule has 8 fully saturated rings. The second-order valence-electron chi connectivity index (χ2n) is 33.9. The summed E-state index contributed by atoms with van der Waals surface area (Å²) in [5.74, 6) is 18.5. The number of benzene rings is 6. The van der Waals surface area contributed by atoms with Crippen molar-refractivity contribution in [3.63, 3.8) is 0 Å². The van der Waals surface area contributed by atoms with E-state index in [0.717, 1.165) is 125 Å². The minimum absolute atomic E-state index is 0.111. The number of piperazine rings is 3. The van der Waals surface area contributed by atoms with Crippen LogP contribution in [-0.4, -0.2) is 286 Å². The highest BCUT2D eigenvalue weighted by Crippen LogP contribution is 2.34. The van der Waals surface area contributed by atoms with Gasteiger partial charge >= 0.3 is 18.1 Å². The normalized spacial score (nSPS) is 22.3. The van der Waals surface area contributed by atoms with E-state index in [1.165, 1.54) is 113 Å². The van der Waals surface area contributed by atoms with E-state index in [1.807, 2.05) is 54.6 Å². The molecule has 0 bridgehead atoms. The fourth-order valence-electron chi connectivity index (χ4n) is 18.6. The fraction of sp³-hybridized carbons (Fsp3) is 0.432. The molecule has 2 aliphatic carbocycles. The number of rotatable bonds is 17. The predicted molar refractivity (Wildman–Crippen MR) is 474 cm³/mol. The lowest BCUT2D eigenvalue weighted by atomic mass is 9.94. The van der Waals surface area contributed by atoms with Crippen molar-refractivity contribution in [2.75, 3.05) is 126 Å². The van der Waals surface area contributed by atoms with Gasteiger partial charge in [-0.3, -0.25) is 59.4 Å². The minimum atomic E-state index is -1.60. The Hall–Kier alpha value is -13.7. The van der Waals surface area contributed by atoms with Gasteiger partial charge in [0.25, 0.3) is 35.4 Å². The van der Waals surface area contributed by atoms with Gasteiger partial charge in [-0.05, 0) is 165 Å². The quantitative estimate of drug-likeness (QED) is 0.00847. The van der Waals surface area contributed by atoms with Crippen molar-refractivity contribution >= 4 is 71.0 Å². The first-order chi connectivity index (χ1) is 62.1. The second-order valence-corrected chi connectivity index (χ2v) is 33.9. The highest BCUT2D eigenvalue weighted by atomic mass is 16.5. The Bertz CT molecular complexity index is 5500. The molecule has 33 nitrogen and oxygen atoms in total. The number of amidine groups is 3. The van der Waals surface area contributed by atoms with Crippen molar-refractivity contribution in [2.24, 2.45) is 15.5 Å². The summed E-state index contributed by atoms with van der Waals surface area (Å²) in [6.45, 7) is 14.1. The second kappa shape index (κ2) is 39.9. The number of imide groups is 3. The summed E-state index contributed by atoms with van der Waals surface area (Å²) in [6, 6.07) is 36.8.